The topological polar surface area (TPSA) is 91.6 Å². The van der Waals surface area contributed by atoms with Crippen molar-refractivity contribution in [2.24, 2.45) is 0 Å². The second-order valence-electron chi connectivity index (χ2n) is 3.59. The number of alkyl halides is 2. The smallest absolute Gasteiger partial charge is 0.312 e. The molecule has 20 heavy (non-hydrogen) atoms. The molecule has 0 aliphatic rings. The number of carbonyl (C=O) groups excluding carboxylic acids is 1. The number of halogens is 2. The molecule has 0 N–H and O–H groups in total. The van der Waals surface area contributed by atoms with Crippen LogP contribution in [0, 0.1) is 10.1 Å². The number of aromatic nitrogens is 1. The Balaban J connectivity index is 3.27. The summed E-state index contributed by atoms with van der Waals surface area (Å²) < 4.78 is 34.8. The maximum absolute atomic E-state index is 12.7. The highest BCUT2D eigenvalue weighted by atomic mass is 19.3. The summed E-state index contributed by atoms with van der Waals surface area (Å²) in [6, 6.07) is 0.658. The van der Waals surface area contributed by atoms with E-state index in [0.717, 1.165) is 7.11 Å². The van der Waals surface area contributed by atoms with Crippen LogP contribution in [0.5, 0.6) is 5.88 Å². The average Bonchev–Trinajstić information content (AvgIpc) is 2.37. The van der Waals surface area contributed by atoms with Gasteiger partial charge in [0.15, 0.2) is 0 Å². The Hall–Kier alpha value is -2.32. The van der Waals surface area contributed by atoms with Crippen molar-refractivity contribution in [3.8, 4) is 5.88 Å². The Labute approximate surface area is 112 Å². The Bertz CT molecular complexity index is 522. The molecule has 7 nitrogen and oxygen atoms in total. The fraction of sp³-hybridized carbons (Fsp3) is 0.455. The van der Waals surface area contributed by atoms with Crippen LogP contribution in [0.15, 0.2) is 6.07 Å². The highest BCUT2D eigenvalue weighted by Gasteiger charge is 2.26. The maximum Gasteiger partial charge on any atom is 0.312 e. The molecule has 0 saturated carbocycles. The molecule has 0 aliphatic heterocycles. The van der Waals surface area contributed by atoms with E-state index in [4.69, 9.17) is 0 Å². The van der Waals surface area contributed by atoms with Crippen LogP contribution in [0.25, 0.3) is 0 Å². The molecule has 0 amide bonds. The van der Waals surface area contributed by atoms with Gasteiger partial charge in [-0.3, -0.25) is 14.9 Å². The first-order valence-electron chi connectivity index (χ1n) is 5.56. The first-order chi connectivity index (χ1) is 9.40. The van der Waals surface area contributed by atoms with Gasteiger partial charge < -0.3 is 9.47 Å². The highest BCUT2D eigenvalue weighted by molar-refractivity contribution is 5.73. The van der Waals surface area contributed by atoms with E-state index in [-0.39, 0.29) is 12.3 Å². The van der Waals surface area contributed by atoms with E-state index < -0.39 is 40.9 Å². The number of carbonyl (C=O) groups is 1. The Morgan fingerprint density at radius 2 is 2.20 bits per heavy atom. The maximum atomic E-state index is 12.7. The van der Waals surface area contributed by atoms with Crippen molar-refractivity contribution in [3.05, 3.63) is 27.4 Å². The lowest BCUT2D eigenvalue weighted by molar-refractivity contribution is -0.386. The van der Waals surface area contributed by atoms with Gasteiger partial charge in [0.05, 0.1) is 30.6 Å². The molecule has 9 heteroatoms. The normalized spacial score (nSPS) is 10.4. The van der Waals surface area contributed by atoms with E-state index in [2.05, 4.69) is 14.5 Å². The SMILES string of the molecule is CCOC(=O)Cc1nc(OC)c(C(F)F)cc1[N+](=O)[O-]. The summed E-state index contributed by atoms with van der Waals surface area (Å²) in [6.45, 7) is 1.67. The standard InChI is InChI=1S/C11H12F2N2O5/c1-3-20-9(16)5-7-8(15(17)18)4-6(10(12)13)11(14-7)19-2/h4,10H,3,5H2,1-2H3. The summed E-state index contributed by atoms with van der Waals surface area (Å²) in [4.78, 5) is 24.9. The highest BCUT2D eigenvalue weighted by Crippen LogP contribution is 2.32. The number of nitrogens with zero attached hydrogens (tertiary/aromatic N) is 2. The van der Waals surface area contributed by atoms with Gasteiger partial charge in [-0.15, -0.1) is 0 Å². The molecule has 110 valence electrons. The number of rotatable bonds is 6. The summed E-state index contributed by atoms with van der Waals surface area (Å²) in [5.74, 6) is -1.19. The van der Waals surface area contributed by atoms with Crippen LogP contribution < -0.4 is 4.74 Å². The van der Waals surface area contributed by atoms with Crippen LogP contribution in [-0.2, 0) is 16.0 Å². The van der Waals surface area contributed by atoms with E-state index in [1.807, 2.05) is 0 Å². The summed E-state index contributed by atoms with van der Waals surface area (Å²) >= 11 is 0. The quantitative estimate of drug-likeness (QED) is 0.452. The van der Waals surface area contributed by atoms with Crippen LogP contribution >= 0.6 is 0 Å². The first kappa shape index (κ1) is 15.7. The first-order valence-corrected chi connectivity index (χ1v) is 5.56. The monoisotopic (exact) mass is 290 g/mol. The number of hydrogen-bond donors (Lipinski definition) is 0. The van der Waals surface area contributed by atoms with Crippen molar-refractivity contribution < 1.29 is 28.0 Å². The summed E-state index contributed by atoms with van der Waals surface area (Å²) in [7, 11) is 1.11. The van der Waals surface area contributed by atoms with Crippen molar-refractivity contribution in [2.75, 3.05) is 13.7 Å². The predicted molar refractivity (Wildman–Crippen MR) is 62.7 cm³/mol. The van der Waals surface area contributed by atoms with Gasteiger partial charge in [-0.05, 0) is 6.92 Å². The summed E-state index contributed by atoms with van der Waals surface area (Å²) in [5.41, 5.74) is -1.66. The Morgan fingerprint density at radius 3 is 2.65 bits per heavy atom. The molecule has 0 unspecified atom stereocenters. The molecule has 0 spiro atoms. The molecular weight excluding hydrogens is 278 g/mol. The predicted octanol–water partition coefficient (Wildman–Crippen LogP) is 2.04. The van der Waals surface area contributed by atoms with Crippen molar-refractivity contribution >= 4 is 11.7 Å². The minimum absolute atomic E-state index is 0.0961. The molecule has 1 aromatic heterocycles. The zero-order valence-corrected chi connectivity index (χ0v) is 10.8. The van der Waals surface area contributed by atoms with Crippen molar-refractivity contribution in [3.63, 3.8) is 0 Å². The molecule has 1 heterocycles. The zero-order chi connectivity index (χ0) is 15.3. The number of methoxy groups -OCH3 is 1. The van der Waals surface area contributed by atoms with Crippen molar-refractivity contribution in [1.29, 1.82) is 0 Å². The van der Waals surface area contributed by atoms with E-state index in [1.54, 1.807) is 6.92 Å². The number of hydrogen-bond acceptors (Lipinski definition) is 6. The van der Waals surface area contributed by atoms with Crippen molar-refractivity contribution in [1.82, 2.24) is 4.98 Å². The van der Waals surface area contributed by atoms with Gasteiger partial charge in [0.25, 0.3) is 12.1 Å². The molecule has 0 aliphatic carbocycles. The third kappa shape index (κ3) is 3.59. The molecule has 0 atom stereocenters. The summed E-state index contributed by atoms with van der Waals surface area (Å²) in [6.07, 6.45) is -3.47. The fourth-order valence-corrected chi connectivity index (χ4v) is 1.49. The fourth-order valence-electron chi connectivity index (χ4n) is 1.49. The van der Waals surface area contributed by atoms with Gasteiger partial charge in [-0.1, -0.05) is 0 Å². The van der Waals surface area contributed by atoms with Gasteiger partial charge in [0, 0.05) is 6.07 Å². The third-order valence-electron chi connectivity index (χ3n) is 2.31. The number of nitro groups is 1. The molecule has 1 aromatic rings. The molecule has 1 rings (SSSR count). The minimum Gasteiger partial charge on any atom is -0.481 e. The lowest BCUT2D eigenvalue weighted by Crippen LogP contribution is -2.12. The minimum atomic E-state index is -2.98. The van der Waals surface area contributed by atoms with E-state index in [1.165, 1.54) is 0 Å². The van der Waals surface area contributed by atoms with E-state index in [9.17, 15) is 23.7 Å². The summed E-state index contributed by atoms with van der Waals surface area (Å²) in [5, 5.41) is 10.9. The molecule has 0 saturated heterocycles. The van der Waals surface area contributed by atoms with Crippen LogP contribution in [0.1, 0.15) is 24.6 Å². The van der Waals surface area contributed by atoms with E-state index in [0.29, 0.717) is 6.07 Å². The second kappa shape index (κ2) is 6.73. The largest absolute Gasteiger partial charge is 0.481 e. The van der Waals surface area contributed by atoms with Gasteiger partial charge in [-0.25, -0.2) is 13.8 Å². The molecular formula is C11H12F2N2O5. The Morgan fingerprint density at radius 1 is 1.55 bits per heavy atom. The van der Waals surface area contributed by atoms with Crippen LogP contribution in [0.2, 0.25) is 0 Å². The van der Waals surface area contributed by atoms with E-state index >= 15 is 0 Å². The molecule has 0 bridgehead atoms. The van der Waals surface area contributed by atoms with Gasteiger partial charge in [0.2, 0.25) is 5.88 Å². The number of ether oxygens (including phenoxy) is 2. The second-order valence-corrected chi connectivity index (χ2v) is 3.59. The van der Waals surface area contributed by atoms with Gasteiger partial charge in [-0.2, -0.15) is 0 Å². The van der Waals surface area contributed by atoms with Crippen LogP contribution in [0.4, 0.5) is 14.5 Å². The number of pyridine rings is 1. The van der Waals surface area contributed by atoms with Gasteiger partial charge in [0.1, 0.15) is 5.69 Å². The lowest BCUT2D eigenvalue weighted by atomic mass is 10.1. The molecule has 0 aromatic carbocycles. The zero-order valence-electron chi connectivity index (χ0n) is 10.8. The molecule has 0 radical (unpaired) electrons. The van der Waals surface area contributed by atoms with Gasteiger partial charge >= 0.3 is 5.97 Å². The van der Waals surface area contributed by atoms with Crippen molar-refractivity contribution in [2.45, 2.75) is 19.8 Å². The van der Waals surface area contributed by atoms with Crippen LogP contribution in [-0.4, -0.2) is 29.6 Å². The average molecular weight is 290 g/mol. The lowest BCUT2D eigenvalue weighted by Gasteiger charge is -2.09. The van der Waals surface area contributed by atoms with Crippen LogP contribution in [0.3, 0.4) is 0 Å². The third-order valence-corrected chi connectivity index (χ3v) is 2.31. The molecule has 0 fully saturated rings. The number of esters is 1. The Kier molecular flexibility index (Phi) is 5.30.